The summed E-state index contributed by atoms with van der Waals surface area (Å²) >= 11 is 0. The molecule has 0 radical (unpaired) electrons. The van der Waals surface area contributed by atoms with Gasteiger partial charge in [-0.3, -0.25) is 9.78 Å². The van der Waals surface area contributed by atoms with Crippen molar-refractivity contribution in [3.8, 4) is 22.9 Å². The second-order valence-electron chi connectivity index (χ2n) is 5.26. The number of nitrogens with zero attached hydrogens (tertiary/aromatic N) is 2. The summed E-state index contributed by atoms with van der Waals surface area (Å²) in [4.78, 5) is 16.9. The highest BCUT2D eigenvalue weighted by molar-refractivity contribution is 6.09. The maximum Gasteiger partial charge on any atom is 0.203 e. The molecule has 0 spiro atoms. The summed E-state index contributed by atoms with van der Waals surface area (Å²) < 4.78 is 17.8. The Labute approximate surface area is 145 Å². The number of hydrogen-bond donors (Lipinski definition) is 0. The van der Waals surface area contributed by atoms with E-state index in [4.69, 9.17) is 14.2 Å². The van der Waals surface area contributed by atoms with Crippen LogP contribution in [0, 0.1) is 0 Å². The molecule has 0 amide bonds. The topological polar surface area (TPSA) is 62.6 Å². The monoisotopic (exact) mass is 338 g/mol. The number of ketones is 1. The zero-order valence-corrected chi connectivity index (χ0v) is 14.2. The molecule has 2 aromatic heterocycles. The first-order valence-electron chi connectivity index (χ1n) is 7.61. The van der Waals surface area contributed by atoms with Crippen LogP contribution in [0.1, 0.15) is 15.9 Å². The van der Waals surface area contributed by atoms with E-state index in [0.717, 1.165) is 5.69 Å². The molecule has 0 aliphatic rings. The van der Waals surface area contributed by atoms with Gasteiger partial charge in [0.2, 0.25) is 5.75 Å². The van der Waals surface area contributed by atoms with Crippen molar-refractivity contribution < 1.29 is 19.0 Å². The smallest absolute Gasteiger partial charge is 0.203 e. The molecule has 0 unspecified atom stereocenters. The van der Waals surface area contributed by atoms with Crippen LogP contribution in [0.4, 0.5) is 0 Å². The minimum atomic E-state index is -0.137. The van der Waals surface area contributed by atoms with Gasteiger partial charge in [0.1, 0.15) is 0 Å². The van der Waals surface area contributed by atoms with Gasteiger partial charge < -0.3 is 18.8 Å². The maximum absolute atomic E-state index is 12.8. The first kappa shape index (κ1) is 16.6. The number of carbonyl (C=O) groups is 1. The number of methoxy groups -OCH3 is 3. The maximum atomic E-state index is 12.8. The minimum absolute atomic E-state index is 0.137. The molecule has 6 heteroatoms. The summed E-state index contributed by atoms with van der Waals surface area (Å²) in [7, 11) is 4.56. The van der Waals surface area contributed by atoms with Crippen molar-refractivity contribution in [3.05, 3.63) is 66.2 Å². The molecule has 0 saturated carbocycles. The molecular weight excluding hydrogens is 320 g/mol. The van der Waals surface area contributed by atoms with Crippen LogP contribution in [0.25, 0.3) is 5.69 Å². The van der Waals surface area contributed by atoms with Crippen LogP contribution >= 0.6 is 0 Å². The Bertz CT molecular complexity index is 862. The molecule has 2 heterocycles. The van der Waals surface area contributed by atoms with Gasteiger partial charge in [-0.2, -0.15) is 0 Å². The van der Waals surface area contributed by atoms with E-state index in [-0.39, 0.29) is 5.78 Å². The third-order valence-electron chi connectivity index (χ3n) is 3.83. The van der Waals surface area contributed by atoms with Crippen molar-refractivity contribution in [1.29, 1.82) is 0 Å². The zero-order valence-electron chi connectivity index (χ0n) is 14.2. The van der Waals surface area contributed by atoms with E-state index < -0.39 is 0 Å². The fourth-order valence-corrected chi connectivity index (χ4v) is 2.58. The van der Waals surface area contributed by atoms with Crippen molar-refractivity contribution in [3.63, 3.8) is 0 Å². The van der Waals surface area contributed by atoms with Gasteiger partial charge in [0.15, 0.2) is 17.3 Å². The molecule has 0 saturated heterocycles. The van der Waals surface area contributed by atoms with Crippen LogP contribution in [0.3, 0.4) is 0 Å². The average Bonchev–Trinajstić information content (AvgIpc) is 3.17. The first-order valence-corrected chi connectivity index (χ1v) is 7.61. The van der Waals surface area contributed by atoms with Gasteiger partial charge in [-0.1, -0.05) is 0 Å². The summed E-state index contributed by atoms with van der Waals surface area (Å²) in [5.74, 6) is 1.20. The van der Waals surface area contributed by atoms with Gasteiger partial charge in [-0.25, -0.2) is 0 Å². The summed E-state index contributed by atoms with van der Waals surface area (Å²) in [6.07, 6.45) is 7.02. The minimum Gasteiger partial charge on any atom is -0.493 e. The standard InChI is InChI=1S/C19H18N2O4/c1-23-16-9-14(10-17(24-2)19(16)25-3)18(22)13-6-8-21(12-13)15-5-4-7-20-11-15/h4-12H,1-3H3. The van der Waals surface area contributed by atoms with Crippen LogP contribution in [-0.2, 0) is 0 Å². The zero-order chi connectivity index (χ0) is 17.8. The molecule has 1 aromatic carbocycles. The highest BCUT2D eigenvalue weighted by atomic mass is 16.5. The summed E-state index contributed by atoms with van der Waals surface area (Å²) in [5.41, 5.74) is 1.89. The van der Waals surface area contributed by atoms with Crippen LogP contribution in [-0.4, -0.2) is 36.7 Å². The second-order valence-corrected chi connectivity index (χ2v) is 5.26. The molecule has 0 aliphatic heterocycles. The van der Waals surface area contributed by atoms with E-state index in [0.29, 0.717) is 28.4 Å². The summed E-state index contributed by atoms with van der Waals surface area (Å²) in [5, 5.41) is 0. The lowest BCUT2D eigenvalue weighted by Crippen LogP contribution is -2.03. The van der Waals surface area contributed by atoms with Gasteiger partial charge in [-0.05, 0) is 30.3 Å². The van der Waals surface area contributed by atoms with Crippen molar-refractivity contribution >= 4 is 5.78 Å². The third kappa shape index (κ3) is 3.19. The van der Waals surface area contributed by atoms with Gasteiger partial charge in [-0.15, -0.1) is 0 Å². The predicted molar refractivity (Wildman–Crippen MR) is 93.1 cm³/mol. The number of carbonyl (C=O) groups excluding carboxylic acids is 1. The van der Waals surface area contributed by atoms with E-state index >= 15 is 0 Å². The normalized spacial score (nSPS) is 10.4. The van der Waals surface area contributed by atoms with Crippen molar-refractivity contribution in [1.82, 2.24) is 9.55 Å². The van der Waals surface area contributed by atoms with Gasteiger partial charge in [0.05, 0.1) is 33.2 Å². The molecule has 3 rings (SSSR count). The Kier molecular flexibility index (Phi) is 4.70. The molecule has 0 aliphatic carbocycles. The molecule has 0 bridgehead atoms. The summed E-state index contributed by atoms with van der Waals surface area (Å²) in [6, 6.07) is 8.81. The number of pyridine rings is 1. The van der Waals surface area contributed by atoms with Crippen LogP contribution in [0.5, 0.6) is 17.2 Å². The van der Waals surface area contributed by atoms with E-state index in [1.165, 1.54) is 21.3 Å². The Morgan fingerprint density at radius 1 is 1.00 bits per heavy atom. The first-order chi connectivity index (χ1) is 12.2. The molecule has 128 valence electrons. The molecule has 0 N–H and O–H groups in total. The van der Waals surface area contributed by atoms with Crippen LogP contribution < -0.4 is 14.2 Å². The van der Waals surface area contributed by atoms with Gasteiger partial charge in [0.25, 0.3) is 0 Å². The lowest BCUT2D eigenvalue weighted by atomic mass is 10.0. The van der Waals surface area contributed by atoms with Crippen molar-refractivity contribution in [2.24, 2.45) is 0 Å². The van der Waals surface area contributed by atoms with Gasteiger partial charge in [0, 0.05) is 29.7 Å². The van der Waals surface area contributed by atoms with Crippen LogP contribution in [0.15, 0.2) is 55.1 Å². The summed E-state index contributed by atoms with van der Waals surface area (Å²) in [6.45, 7) is 0. The van der Waals surface area contributed by atoms with Gasteiger partial charge >= 0.3 is 0 Å². The fraction of sp³-hybridized carbons (Fsp3) is 0.158. The van der Waals surface area contributed by atoms with Crippen LogP contribution in [0.2, 0.25) is 0 Å². The average molecular weight is 338 g/mol. The molecule has 0 atom stereocenters. The Morgan fingerprint density at radius 2 is 1.72 bits per heavy atom. The number of hydrogen-bond acceptors (Lipinski definition) is 5. The van der Waals surface area contributed by atoms with Crippen molar-refractivity contribution in [2.75, 3.05) is 21.3 Å². The SMILES string of the molecule is COc1cc(C(=O)c2ccn(-c3cccnc3)c2)cc(OC)c1OC. The molecule has 25 heavy (non-hydrogen) atoms. The number of rotatable bonds is 6. The van der Waals surface area contributed by atoms with E-state index in [9.17, 15) is 4.79 Å². The predicted octanol–water partition coefficient (Wildman–Crippen LogP) is 3.13. The van der Waals surface area contributed by atoms with Crippen molar-refractivity contribution in [2.45, 2.75) is 0 Å². The number of benzene rings is 1. The molecule has 0 fully saturated rings. The van der Waals surface area contributed by atoms with E-state index in [1.807, 2.05) is 22.9 Å². The number of aromatic nitrogens is 2. The fourth-order valence-electron chi connectivity index (χ4n) is 2.58. The lowest BCUT2D eigenvalue weighted by molar-refractivity contribution is 0.103. The van der Waals surface area contributed by atoms with E-state index in [2.05, 4.69) is 4.98 Å². The third-order valence-corrected chi connectivity index (χ3v) is 3.83. The molecule has 6 nitrogen and oxygen atoms in total. The highest BCUT2D eigenvalue weighted by Gasteiger charge is 2.18. The quantitative estimate of drug-likeness (QED) is 0.646. The Balaban J connectivity index is 1.97. The Morgan fingerprint density at radius 3 is 2.28 bits per heavy atom. The largest absolute Gasteiger partial charge is 0.493 e. The highest BCUT2D eigenvalue weighted by Crippen LogP contribution is 2.38. The molecule has 3 aromatic rings. The number of ether oxygens (including phenoxy) is 3. The lowest BCUT2D eigenvalue weighted by Gasteiger charge is -2.13. The second kappa shape index (κ2) is 7.09. The molecular formula is C19H18N2O4. The Hall–Kier alpha value is -3.28. The van der Waals surface area contributed by atoms with E-state index in [1.54, 1.807) is 36.8 Å².